The summed E-state index contributed by atoms with van der Waals surface area (Å²) in [5, 5.41) is 13.9. The van der Waals surface area contributed by atoms with E-state index in [1.807, 2.05) is 6.92 Å². The van der Waals surface area contributed by atoms with Crippen LogP contribution in [0.4, 0.5) is 17.1 Å². The Morgan fingerprint density at radius 1 is 1.06 bits per heavy atom. The van der Waals surface area contributed by atoms with Gasteiger partial charge in [-0.3, -0.25) is 19.2 Å². The van der Waals surface area contributed by atoms with Gasteiger partial charge in [-0.15, -0.1) is 0 Å². The Bertz CT molecular complexity index is 1280. The van der Waals surface area contributed by atoms with Gasteiger partial charge in [0.05, 0.1) is 21.2 Å². The summed E-state index contributed by atoms with van der Waals surface area (Å²) in [6, 6.07) is 16.5. The van der Waals surface area contributed by atoms with Gasteiger partial charge >= 0.3 is 0 Å². The molecule has 8 nitrogen and oxygen atoms in total. The average Bonchev–Trinajstić information content (AvgIpc) is 2.73. The first-order valence-corrected chi connectivity index (χ1v) is 11.3. The number of nitro groups is 1. The van der Waals surface area contributed by atoms with Crippen molar-refractivity contribution in [3.63, 3.8) is 0 Å². The monoisotopic (exact) mass is 473 g/mol. The van der Waals surface area contributed by atoms with Crippen molar-refractivity contribution in [1.82, 2.24) is 0 Å². The highest BCUT2D eigenvalue weighted by Gasteiger charge is 2.27. The molecule has 3 aromatic rings. The normalized spacial score (nSPS) is 11.1. The number of nitrogens with zero attached hydrogens (tertiary/aromatic N) is 2. The lowest BCUT2D eigenvalue weighted by atomic mass is 10.2. The number of non-ortho nitro benzene ring substituents is 1. The molecule has 0 spiro atoms. The molecule has 3 aromatic carbocycles. The Morgan fingerprint density at radius 2 is 1.75 bits per heavy atom. The molecule has 0 aromatic heterocycles. The summed E-state index contributed by atoms with van der Waals surface area (Å²) in [7, 11) is -4.10. The molecule has 0 atom stereocenters. The van der Waals surface area contributed by atoms with Gasteiger partial charge in [0.2, 0.25) is 5.91 Å². The quantitative estimate of drug-likeness (QED) is 0.395. The predicted molar refractivity (Wildman–Crippen MR) is 124 cm³/mol. The first-order valence-electron chi connectivity index (χ1n) is 9.48. The molecule has 0 bridgehead atoms. The zero-order chi connectivity index (χ0) is 23.5. The van der Waals surface area contributed by atoms with E-state index in [2.05, 4.69) is 5.32 Å². The van der Waals surface area contributed by atoms with Crippen LogP contribution in [0.1, 0.15) is 11.1 Å². The lowest BCUT2D eigenvalue weighted by molar-refractivity contribution is -0.384. The molecule has 0 radical (unpaired) electrons. The van der Waals surface area contributed by atoms with E-state index in [-0.39, 0.29) is 22.0 Å². The van der Waals surface area contributed by atoms with E-state index in [0.29, 0.717) is 10.6 Å². The van der Waals surface area contributed by atoms with Crippen LogP contribution in [-0.2, 0) is 14.8 Å². The number of sulfonamides is 1. The molecule has 0 aliphatic carbocycles. The van der Waals surface area contributed by atoms with Gasteiger partial charge in [-0.1, -0.05) is 41.4 Å². The first kappa shape index (κ1) is 23.2. The summed E-state index contributed by atoms with van der Waals surface area (Å²) >= 11 is 6.05. The van der Waals surface area contributed by atoms with Gasteiger partial charge in [0.1, 0.15) is 6.54 Å². The van der Waals surface area contributed by atoms with Crippen LogP contribution in [0.3, 0.4) is 0 Å². The number of nitro benzene ring substituents is 1. The molecule has 0 heterocycles. The van der Waals surface area contributed by atoms with E-state index in [1.54, 1.807) is 31.2 Å². The summed E-state index contributed by atoms with van der Waals surface area (Å²) in [6.45, 7) is 2.95. The Balaban J connectivity index is 1.96. The van der Waals surface area contributed by atoms with E-state index in [1.165, 1.54) is 42.5 Å². The van der Waals surface area contributed by atoms with Crippen molar-refractivity contribution >= 4 is 44.6 Å². The molecule has 1 N–H and O–H groups in total. The van der Waals surface area contributed by atoms with Crippen molar-refractivity contribution < 1.29 is 18.1 Å². The van der Waals surface area contributed by atoms with Crippen LogP contribution in [0.25, 0.3) is 0 Å². The van der Waals surface area contributed by atoms with E-state index >= 15 is 0 Å². The van der Waals surface area contributed by atoms with Crippen molar-refractivity contribution in [3.05, 3.63) is 93.0 Å². The zero-order valence-corrected chi connectivity index (χ0v) is 18.9. The van der Waals surface area contributed by atoms with Crippen molar-refractivity contribution in [2.75, 3.05) is 16.2 Å². The maximum atomic E-state index is 13.4. The topological polar surface area (TPSA) is 110 Å². The van der Waals surface area contributed by atoms with E-state index in [4.69, 9.17) is 11.6 Å². The van der Waals surface area contributed by atoms with E-state index in [9.17, 15) is 23.3 Å². The summed E-state index contributed by atoms with van der Waals surface area (Å²) in [4.78, 5) is 23.3. The van der Waals surface area contributed by atoms with Crippen LogP contribution >= 0.6 is 11.6 Å². The van der Waals surface area contributed by atoms with E-state index < -0.39 is 27.4 Å². The fraction of sp³-hybridized carbons (Fsp3) is 0.136. The lowest BCUT2D eigenvalue weighted by Gasteiger charge is -2.24. The fourth-order valence-corrected chi connectivity index (χ4v) is 4.56. The molecule has 0 saturated heterocycles. The van der Waals surface area contributed by atoms with Crippen molar-refractivity contribution in [2.45, 2.75) is 18.7 Å². The third-order valence-electron chi connectivity index (χ3n) is 4.70. The van der Waals surface area contributed by atoms with Gasteiger partial charge in [-0.25, -0.2) is 8.42 Å². The van der Waals surface area contributed by atoms with Crippen LogP contribution < -0.4 is 9.62 Å². The highest BCUT2D eigenvalue weighted by molar-refractivity contribution is 7.92. The van der Waals surface area contributed by atoms with Gasteiger partial charge in [0.25, 0.3) is 15.7 Å². The lowest BCUT2D eigenvalue weighted by Crippen LogP contribution is -2.38. The van der Waals surface area contributed by atoms with Crippen LogP contribution in [0.5, 0.6) is 0 Å². The molecule has 10 heteroatoms. The molecule has 0 saturated carbocycles. The molecule has 1 amide bonds. The zero-order valence-electron chi connectivity index (χ0n) is 17.3. The Hall–Kier alpha value is -3.43. The number of nitrogens with one attached hydrogen (secondary N) is 1. The van der Waals surface area contributed by atoms with Crippen LogP contribution in [-0.4, -0.2) is 25.8 Å². The van der Waals surface area contributed by atoms with Crippen LogP contribution in [0.2, 0.25) is 5.02 Å². The van der Waals surface area contributed by atoms with Gasteiger partial charge in [-0.2, -0.15) is 0 Å². The Labute approximate surface area is 190 Å². The SMILES string of the molecule is Cc1ccc(S(=O)(=O)N(CC(=O)Nc2cc([N+](=O)[O-])ccc2C)c2cccc(Cl)c2)cc1. The van der Waals surface area contributed by atoms with Crippen molar-refractivity contribution in [1.29, 1.82) is 0 Å². The average molecular weight is 474 g/mol. The number of carbonyl (C=O) groups is 1. The molecule has 3 rings (SSSR count). The highest BCUT2D eigenvalue weighted by atomic mass is 35.5. The third-order valence-corrected chi connectivity index (χ3v) is 6.72. The number of carbonyl (C=O) groups excluding carboxylic acids is 1. The molecule has 166 valence electrons. The molecule has 0 unspecified atom stereocenters. The van der Waals surface area contributed by atoms with Gasteiger partial charge in [-0.05, 0) is 49.7 Å². The minimum atomic E-state index is -4.10. The largest absolute Gasteiger partial charge is 0.324 e. The smallest absolute Gasteiger partial charge is 0.271 e. The van der Waals surface area contributed by atoms with Gasteiger partial charge in [0, 0.05) is 17.2 Å². The second-order valence-corrected chi connectivity index (χ2v) is 9.41. The summed E-state index contributed by atoms with van der Waals surface area (Å²) in [6.07, 6.45) is 0. The molecular weight excluding hydrogens is 454 g/mol. The number of amides is 1. The summed E-state index contributed by atoms with van der Waals surface area (Å²) < 4.78 is 27.7. The van der Waals surface area contributed by atoms with Gasteiger partial charge in [0.15, 0.2) is 0 Å². The molecule has 0 fully saturated rings. The number of aryl methyl sites for hydroxylation is 2. The third kappa shape index (κ3) is 5.24. The second kappa shape index (κ2) is 9.37. The Kier molecular flexibility index (Phi) is 6.81. The number of hydrogen-bond donors (Lipinski definition) is 1. The molecular formula is C22H20ClN3O5S. The number of hydrogen-bond acceptors (Lipinski definition) is 5. The van der Waals surface area contributed by atoms with Crippen molar-refractivity contribution in [3.8, 4) is 0 Å². The first-order chi connectivity index (χ1) is 15.1. The highest BCUT2D eigenvalue weighted by Crippen LogP contribution is 2.27. The van der Waals surface area contributed by atoms with Crippen molar-refractivity contribution in [2.24, 2.45) is 0 Å². The number of rotatable bonds is 7. The molecule has 32 heavy (non-hydrogen) atoms. The molecule has 0 aliphatic rings. The maximum absolute atomic E-state index is 13.4. The summed E-state index contributed by atoms with van der Waals surface area (Å²) in [5.74, 6) is -0.663. The van der Waals surface area contributed by atoms with Crippen LogP contribution in [0, 0.1) is 24.0 Å². The number of benzene rings is 3. The van der Waals surface area contributed by atoms with Gasteiger partial charge < -0.3 is 5.32 Å². The minimum absolute atomic E-state index is 0.0161. The minimum Gasteiger partial charge on any atom is -0.324 e. The standard InChI is InChI=1S/C22H20ClN3O5S/c1-15-6-10-20(11-7-15)32(30,31)25(18-5-3-4-17(23)12-18)14-22(27)24-21-13-19(26(28)29)9-8-16(21)2/h3-13H,14H2,1-2H3,(H,24,27). The fourth-order valence-electron chi connectivity index (χ4n) is 2.96. The Morgan fingerprint density at radius 3 is 2.38 bits per heavy atom. The predicted octanol–water partition coefficient (Wildman–Crippen LogP) is 4.70. The van der Waals surface area contributed by atoms with E-state index in [0.717, 1.165) is 9.87 Å². The number of anilines is 2. The summed E-state index contributed by atoms with van der Waals surface area (Å²) in [5.41, 5.74) is 1.73. The number of halogens is 1. The maximum Gasteiger partial charge on any atom is 0.271 e. The molecule has 0 aliphatic heterocycles. The van der Waals surface area contributed by atoms with Crippen LogP contribution in [0.15, 0.2) is 71.6 Å². The second-order valence-electron chi connectivity index (χ2n) is 7.11.